The van der Waals surface area contributed by atoms with Crippen molar-refractivity contribution in [1.29, 1.82) is 0 Å². The van der Waals surface area contributed by atoms with Crippen molar-refractivity contribution in [2.75, 3.05) is 24.9 Å². The predicted octanol–water partition coefficient (Wildman–Crippen LogP) is 2.14. The summed E-state index contributed by atoms with van der Waals surface area (Å²) in [4.78, 5) is 13.9. The van der Waals surface area contributed by atoms with Gasteiger partial charge in [0.25, 0.3) is 15.9 Å². The molecule has 0 unspecified atom stereocenters. The molecule has 0 bridgehead atoms. The van der Waals surface area contributed by atoms with Crippen LogP contribution in [0.1, 0.15) is 15.9 Å². The molecule has 1 aliphatic rings. The third-order valence-electron chi connectivity index (χ3n) is 3.92. The number of carbonyl (C=O) groups is 1. The van der Waals surface area contributed by atoms with Crippen LogP contribution in [0, 0.1) is 0 Å². The highest BCUT2D eigenvalue weighted by Crippen LogP contribution is 2.33. The Morgan fingerprint density at radius 3 is 2.43 bits per heavy atom. The van der Waals surface area contributed by atoms with E-state index in [0.29, 0.717) is 24.2 Å². The molecule has 5 nitrogen and oxygen atoms in total. The molecule has 2 aromatic carbocycles. The van der Waals surface area contributed by atoms with Gasteiger partial charge >= 0.3 is 0 Å². The van der Waals surface area contributed by atoms with Gasteiger partial charge in [-0.1, -0.05) is 24.3 Å². The molecule has 0 spiro atoms. The first-order valence-corrected chi connectivity index (χ1v) is 8.77. The lowest BCUT2D eigenvalue weighted by atomic mass is 10.1. The van der Waals surface area contributed by atoms with Crippen molar-refractivity contribution in [2.24, 2.45) is 0 Å². The standard InChI is InChI=1S/C17H18N2O3S/c1-18(2)17(20)14-9-8-13-10-11-19(16(13)12-14)23(21,22)15-6-4-3-5-7-15/h3-9,12H,10-11H2,1-2H3. The zero-order valence-corrected chi connectivity index (χ0v) is 13.9. The van der Waals surface area contributed by atoms with E-state index in [1.54, 1.807) is 56.6 Å². The lowest BCUT2D eigenvalue weighted by Crippen LogP contribution is -2.29. The van der Waals surface area contributed by atoms with E-state index in [0.717, 1.165) is 5.56 Å². The highest BCUT2D eigenvalue weighted by molar-refractivity contribution is 7.92. The first-order chi connectivity index (χ1) is 10.9. The molecule has 3 rings (SSSR count). The van der Waals surface area contributed by atoms with Crippen LogP contribution in [-0.2, 0) is 16.4 Å². The fourth-order valence-electron chi connectivity index (χ4n) is 2.71. The molecule has 0 aromatic heterocycles. The molecule has 6 heteroatoms. The summed E-state index contributed by atoms with van der Waals surface area (Å²) in [5, 5.41) is 0. The number of fused-ring (bicyclic) bond motifs is 1. The van der Waals surface area contributed by atoms with Gasteiger partial charge in [0, 0.05) is 26.2 Å². The summed E-state index contributed by atoms with van der Waals surface area (Å²) in [6.07, 6.45) is 0.651. The number of rotatable bonds is 3. The fourth-order valence-corrected chi connectivity index (χ4v) is 4.23. The van der Waals surface area contributed by atoms with Gasteiger partial charge in [-0.15, -0.1) is 0 Å². The maximum Gasteiger partial charge on any atom is 0.264 e. The molecular formula is C17H18N2O3S. The summed E-state index contributed by atoms with van der Waals surface area (Å²) in [5.41, 5.74) is 2.03. The minimum atomic E-state index is -3.61. The summed E-state index contributed by atoms with van der Waals surface area (Å²) in [5.74, 6) is -0.142. The second-order valence-electron chi connectivity index (χ2n) is 5.68. The normalized spacial score (nSPS) is 13.7. The average molecular weight is 330 g/mol. The van der Waals surface area contributed by atoms with Crippen LogP contribution < -0.4 is 4.31 Å². The molecule has 23 heavy (non-hydrogen) atoms. The Balaban J connectivity index is 2.04. The zero-order chi connectivity index (χ0) is 16.6. The van der Waals surface area contributed by atoms with Crippen molar-refractivity contribution in [1.82, 2.24) is 4.90 Å². The van der Waals surface area contributed by atoms with E-state index in [1.807, 2.05) is 6.07 Å². The summed E-state index contributed by atoms with van der Waals surface area (Å²) >= 11 is 0. The number of nitrogens with zero attached hydrogens (tertiary/aromatic N) is 2. The van der Waals surface area contributed by atoms with Gasteiger partial charge in [0.15, 0.2) is 0 Å². The second-order valence-corrected chi connectivity index (χ2v) is 7.55. The van der Waals surface area contributed by atoms with Crippen LogP contribution in [-0.4, -0.2) is 39.9 Å². The fraction of sp³-hybridized carbons (Fsp3) is 0.235. The predicted molar refractivity (Wildman–Crippen MR) is 89.1 cm³/mol. The molecule has 2 aromatic rings. The average Bonchev–Trinajstić information content (AvgIpc) is 2.98. The topological polar surface area (TPSA) is 57.7 Å². The third-order valence-corrected chi connectivity index (χ3v) is 5.75. The molecule has 0 fully saturated rings. The quantitative estimate of drug-likeness (QED) is 0.866. The number of hydrogen-bond donors (Lipinski definition) is 0. The van der Waals surface area contributed by atoms with E-state index in [9.17, 15) is 13.2 Å². The van der Waals surface area contributed by atoms with Gasteiger partial charge < -0.3 is 4.90 Å². The lowest BCUT2D eigenvalue weighted by Gasteiger charge is -2.20. The molecule has 120 valence electrons. The summed E-state index contributed by atoms with van der Waals surface area (Å²) in [6.45, 7) is 0.395. The molecule has 1 heterocycles. The van der Waals surface area contributed by atoms with E-state index in [2.05, 4.69) is 0 Å². The van der Waals surface area contributed by atoms with E-state index in [-0.39, 0.29) is 10.8 Å². The van der Waals surface area contributed by atoms with E-state index >= 15 is 0 Å². The van der Waals surface area contributed by atoms with Crippen LogP contribution in [0.5, 0.6) is 0 Å². The van der Waals surface area contributed by atoms with E-state index in [4.69, 9.17) is 0 Å². The SMILES string of the molecule is CN(C)C(=O)c1ccc2c(c1)N(S(=O)(=O)c1ccccc1)CC2. The van der Waals surface area contributed by atoms with Gasteiger partial charge in [-0.05, 0) is 36.2 Å². The first-order valence-electron chi connectivity index (χ1n) is 7.33. The maximum atomic E-state index is 12.8. The largest absolute Gasteiger partial charge is 0.345 e. The Labute approximate surface area is 136 Å². The van der Waals surface area contributed by atoms with Crippen LogP contribution in [0.3, 0.4) is 0 Å². The van der Waals surface area contributed by atoms with Crippen LogP contribution in [0.25, 0.3) is 0 Å². The minimum absolute atomic E-state index is 0.142. The molecule has 1 aliphatic heterocycles. The molecule has 1 amide bonds. The van der Waals surface area contributed by atoms with Gasteiger partial charge in [0.1, 0.15) is 0 Å². The Kier molecular flexibility index (Phi) is 3.85. The minimum Gasteiger partial charge on any atom is -0.345 e. The number of sulfonamides is 1. The van der Waals surface area contributed by atoms with Crippen molar-refractivity contribution >= 4 is 21.6 Å². The van der Waals surface area contributed by atoms with Gasteiger partial charge in [0.05, 0.1) is 10.6 Å². The van der Waals surface area contributed by atoms with Gasteiger partial charge in [-0.3, -0.25) is 9.10 Å². The maximum absolute atomic E-state index is 12.8. The molecule has 0 aliphatic carbocycles. The Bertz CT molecular complexity index is 845. The smallest absolute Gasteiger partial charge is 0.264 e. The number of anilines is 1. The van der Waals surface area contributed by atoms with Gasteiger partial charge in [-0.2, -0.15) is 0 Å². The Morgan fingerprint density at radius 2 is 1.78 bits per heavy atom. The number of hydrogen-bond acceptors (Lipinski definition) is 3. The van der Waals surface area contributed by atoms with E-state index in [1.165, 1.54) is 9.21 Å². The monoisotopic (exact) mass is 330 g/mol. The highest BCUT2D eigenvalue weighted by Gasteiger charge is 2.31. The molecule has 0 radical (unpaired) electrons. The van der Waals surface area contributed by atoms with Crippen LogP contribution in [0.15, 0.2) is 53.4 Å². The molecule has 0 atom stereocenters. The number of amides is 1. The summed E-state index contributed by atoms with van der Waals surface area (Å²) < 4.78 is 27.1. The van der Waals surface area contributed by atoms with E-state index < -0.39 is 10.0 Å². The summed E-state index contributed by atoms with van der Waals surface area (Å²) in [6, 6.07) is 13.6. The molecule has 0 saturated heterocycles. The van der Waals surface area contributed by atoms with Crippen LogP contribution in [0.2, 0.25) is 0 Å². The van der Waals surface area contributed by atoms with Gasteiger partial charge in [0.2, 0.25) is 0 Å². The van der Waals surface area contributed by atoms with Crippen molar-refractivity contribution in [3.05, 3.63) is 59.7 Å². The number of benzene rings is 2. The van der Waals surface area contributed by atoms with Crippen molar-refractivity contribution < 1.29 is 13.2 Å². The summed E-state index contributed by atoms with van der Waals surface area (Å²) in [7, 11) is -0.257. The van der Waals surface area contributed by atoms with Crippen LogP contribution in [0.4, 0.5) is 5.69 Å². The Hall–Kier alpha value is -2.34. The molecule has 0 N–H and O–H groups in total. The third kappa shape index (κ3) is 2.70. The van der Waals surface area contributed by atoms with Gasteiger partial charge in [-0.25, -0.2) is 8.42 Å². The highest BCUT2D eigenvalue weighted by atomic mass is 32.2. The lowest BCUT2D eigenvalue weighted by molar-refractivity contribution is 0.0827. The van der Waals surface area contributed by atoms with Crippen molar-refractivity contribution in [2.45, 2.75) is 11.3 Å². The van der Waals surface area contributed by atoms with Crippen molar-refractivity contribution in [3.63, 3.8) is 0 Å². The molecular weight excluding hydrogens is 312 g/mol. The molecule has 0 saturated carbocycles. The Morgan fingerprint density at radius 1 is 1.09 bits per heavy atom. The van der Waals surface area contributed by atoms with Crippen molar-refractivity contribution in [3.8, 4) is 0 Å². The zero-order valence-electron chi connectivity index (χ0n) is 13.1. The number of carbonyl (C=O) groups excluding carboxylic acids is 1. The first kappa shape index (κ1) is 15.6. The van der Waals surface area contributed by atoms with Crippen LogP contribution >= 0.6 is 0 Å². The second kappa shape index (κ2) is 5.70.